The third kappa shape index (κ3) is 6.15. The van der Waals surface area contributed by atoms with E-state index >= 15 is 0 Å². The number of carbonyl (C=O) groups excluding carboxylic acids is 1. The van der Waals surface area contributed by atoms with Crippen LogP contribution in [0.25, 0.3) is 0 Å². The van der Waals surface area contributed by atoms with E-state index in [0.717, 1.165) is 0 Å². The van der Waals surface area contributed by atoms with Gasteiger partial charge in [0, 0.05) is 6.92 Å². The molecule has 0 aliphatic rings. The van der Waals surface area contributed by atoms with Gasteiger partial charge in [-0.15, -0.1) is 0 Å². The van der Waals surface area contributed by atoms with Crippen LogP contribution in [0.1, 0.15) is 41.5 Å². The Labute approximate surface area is 92.5 Å². The summed E-state index contributed by atoms with van der Waals surface area (Å²) in [6.45, 7) is 14.9. The molecule has 0 fully saturated rings. The first-order valence-corrected chi connectivity index (χ1v) is 5.18. The first kappa shape index (κ1) is 14.0. The lowest BCUT2D eigenvalue weighted by atomic mass is 10.1. The standard InChI is InChI=1S/C12H22O3/c1-8(2)11(14-10(4)13)9(3)15-12(5,6)7/h8,11H,3H2,1-2,4-7H3/t11-/m0/s1. The third-order valence-corrected chi connectivity index (χ3v) is 1.65. The summed E-state index contributed by atoms with van der Waals surface area (Å²) in [5.41, 5.74) is -0.315. The number of esters is 1. The van der Waals surface area contributed by atoms with Gasteiger partial charge in [0.25, 0.3) is 0 Å². The van der Waals surface area contributed by atoms with Gasteiger partial charge in [-0.3, -0.25) is 4.79 Å². The van der Waals surface area contributed by atoms with Crippen molar-refractivity contribution in [1.82, 2.24) is 0 Å². The molecule has 0 N–H and O–H groups in total. The maximum atomic E-state index is 10.9. The normalized spacial score (nSPS) is 13.5. The Morgan fingerprint density at radius 1 is 1.27 bits per heavy atom. The molecule has 0 aromatic heterocycles. The van der Waals surface area contributed by atoms with Gasteiger partial charge >= 0.3 is 5.97 Å². The van der Waals surface area contributed by atoms with Gasteiger partial charge in [0.1, 0.15) is 11.4 Å². The Morgan fingerprint density at radius 2 is 1.73 bits per heavy atom. The van der Waals surface area contributed by atoms with Gasteiger partial charge in [0.15, 0.2) is 6.10 Å². The largest absolute Gasteiger partial charge is 0.489 e. The Morgan fingerprint density at radius 3 is 2.00 bits per heavy atom. The van der Waals surface area contributed by atoms with Crippen molar-refractivity contribution in [3.05, 3.63) is 12.3 Å². The molecule has 0 bridgehead atoms. The number of hydrogen-bond acceptors (Lipinski definition) is 3. The lowest BCUT2D eigenvalue weighted by molar-refractivity contribution is -0.150. The lowest BCUT2D eigenvalue weighted by Crippen LogP contribution is -2.30. The third-order valence-electron chi connectivity index (χ3n) is 1.65. The highest BCUT2D eigenvalue weighted by Crippen LogP contribution is 2.21. The predicted octanol–water partition coefficient (Wildman–Crippen LogP) is 2.90. The minimum Gasteiger partial charge on any atom is -0.489 e. The number of hydrogen-bond donors (Lipinski definition) is 0. The van der Waals surface area contributed by atoms with Gasteiger partial charge < -0.3 is 9.47 Å². The predicted molar refractivity (Wildman–Crippen MR) is 60.4 cm³/mol. The molecule has 0 aliphatic carbocycles. The zero-order chi connectivity index (χ0) is 12.2. The van der Waals surface area contributed by atoms with Crippen LogP contribution in [0.4, 0.5) is 0 Å². The molecule has 0 saturated carbocycles. The fraction of sp³-hybridized carbons (Fsp3) is 0.750. The van der Waals surface area contributed by atoms with Crippen LogP contribution in [0.5, 0.6) is 0 Å². The maximum absolute atomic E-state index is 10.9. The highest BCUT2D eigenvalue weighted by Gasteiger charge is 2.24. The van der Waals surface area contributed by atoms with Crippen molar-refractivity contribution in [3.8, 4) is 0 Å². The second-order valence-corrected chi connectivity index (χ2v) is 4.95. The minimum absolute atomic E-state index is 0.156. The van der Waals surface area contributed by atoms with Crippen molar-refractivity contribution >= 4 is 5.97 Å². The monoisotopic (exact) mass is 214 g/mol. The van der Waals surface area contributed by atoms with Crippen LogP contribution < -0.4 is 0 Å². The summed E-state index contributed by atoms with van der Waals surface area (Å²) >= 11 is 0. The molecule has 88 valence electrons. The van der Waals surface area contributed by atoms with E-state index < -0.39 is 0 Å². The fourth-order valence-corrected chi connectivity index (χ4v) is 1.20. The Hall–Kier alpha value is -0.990. The fourth-order valence-electron chi connectivity index (χ4n) is 1.20. The molecule has 0 aromatic carbocycles. The first-order chi connectivity index (χ1) is 6.63. The Bertz CT molecular complexity index is 236. The molecule has 0 aromatic rings. The molecule has 0 amide bonds. The van der Waals surface area contributed by atoms with E-state index in [1.807, 2.05) is 34.6 Å². The van der Waals surface area contributed by atoms with Gasteiger partial charge in [-0.1, -0.05) is 20.4 Å². The van der Waals surface area contributed by atoms with Crippen molar-refractivity contribution in [2.45, 2.75) is 53.2 Å². The highest BCUT2D eigenvalue weighted by atomic mass is 16.6. The lowest BCUT2D eigenvalue weighted by Gasteiger charge is -2.29. The molecular formula is C12H22O3. The van der Waals surface area contributed by atoms with Gasteiger partial charge in [-0.05, 0) is 26.7 Å². The van der Waals surface area contributed by atoms with Crippen molar-refractivity contribution in [2.75, 3.05) is 0 Å². The van der Waals surface area contributed by atoms with Crippen molar-refractivity contribution in [1.29, 1.82) is 0 Å². The topological polar surface area (TPSA) is 35.5 Å². The average molecular weight is 214 g/mol. The molecule has 0 saturated heterocycles. The molecule has 0 heterocycles. The Kier molecular flexibility index (Phi) is 4.85. The second-order valence-electron chi connectivity index (χ2n) is 4.95. The molecule has 15 heavy (non-hydrogen) atoms. The van der Waals surface area contributed by atoms with Crippen LogP contribution in [-0.4, -0.2) is 17.7 Å². The highest BCUT2D eigenvalue weighted by molar-refractivity contribution is 5.66. The van der Waals surface area contributed by atoms with Gasteiger partial charge in [-0.2, -0.15) is 0 Å². The number of ether oxygens (including phenoxy) is 2. The van der Waals surface area contributed by atoms with E-state index in [9.17, 15) is 4.79 Å². The summed E-state index contributed by atoms with van der Waals surface area (Å²) in [7, 11) is 0. The first-order valence-electron chi connectivity index (χ1n) is 5.18. The molecule has 3 heteroatoms. The van der Waals surface area contributed by atoms with Crippen LogP contribution >= 0.6 is 0 Å². The van der Waals surface area contributed by atoms with Crippen LogP contribution in [0, 0.1) is 5.92 Å². The van der Waals surface area contributed by atoms with Crippen LogP contribution in [0.3, 0.4) is 0 Å². The Balaban J connectivity index is 4.50. The average Bonchev–Trinajstić information content (AvgIpc) is 1.95. The van der Waals surface area contributed by atoms with E-state index in [0.29, 0.717) is 5.76 Å². The SMILES string of the molecule is C=C(OC(C)(C)C)[C@@H](OC(C)=O)C(C)C. The molecule has 0 aliphatic heterocycles. The molecule has 3 nitrogen and oxygen atoms in total. The van der Waals surface area contributed by atoms with Gasteiger partial charge in [0.05, 0.1) is 0 Å². The number of carbonyl (C=O) groups is 1. The summed E-state index contributed by atoms with van der Waals surface area (Å²) in [6.07, 6.45) is -0.373. The van der Waals surface area contributed by atoms with Crippen molar-refractivity contribution in [3.63, 3.8) is 0 Å². The zero-order valence-corrected chi connectivity index (χ0v) is 10.6. The van der Waals surface area contributed by atoms with Crippen molar-refractivity contribution in [2.24, 2.45) is 5.92 Å². The van der Waals surface area contributed by atoms with E-state index in [2.05, 4.69) is 6.58 Å². The molecule has 0 unspecified atom stereocenters. The van der Waals surface area contributed by atoms with Crippen molar-refractivity contribution < 1.29 is 14.3 Å². The van der Waals surface area contributed by atoms with Crippen LogP contribution in [0.15, 0.2) is 12.3 Å². The van der Waals surface area contributed by atoms with E-state index in [1.54, 1.807) is 0 Å². The molecular weight excluding hydrogens is 192 g/mol. The second kappa shape index (κ2) is 5.19. The molecule has 0 radical (unpaired) electrons. The molecule has 1 atom stereocenters. The molecule has 0 rings (SSSR count). The van der Waals surface area contributed by atoms with E-state index in [-0.39, 0.29) is 23.6 Å². The maximum Gasteiger partial charge on any atom is 0.303 e. The summed E-state index contributed by atoms with van der Waals surface area (Å²) < 4.78 is 10.7. The van der Waals surface area contributed by atoms with Gasteiger partial charge in [-0.25, -0.2) is 0 Å². The quantitative estimate of drug-likeness (QED) is 0.533. The van der Waals surface area contributed by atoms with E-state index in [4.69, 9.17) is 9.47 Å². The van der Waals surface area contributed by atoms with Crippen LogP contribution in [0.2, 0.25) is 0 Å². The van der Waals surface area contributed by atoms with Crippen LogP contribution in [-0.2, 0) is 14.3 Å². The number of rotatable bonds is 4. The zero-order valence-electron chi connectivity index (χ0n) is 10.6. The summed E-state index contributed by atoms with van der Waals surface area (Å²) in [5, 5.41) is 0. The smallest absolute Gasteiger partial charge is 0.303 e. The summed E-state index contributed by atoms with van der Waals surface area (Å²) in [6, 6.07) is 0. The van der Waals surface area contributed by atoms with E-state index in [1.165, 1.54) is 6.92 Å². The minimum atomic E-state index is -0.373. The van der Waals surface area contributed by atoms with Gasteiger partial charge in [0.2, 0.25) is 0 Å². The summed E-state index contributed by atoms with van der Waals surface area (Å²) in [5.74, 6) is 0.351. The summed E-state index contributed by atoms with van der Waals surface area (Å²) in [4.78, 5) is 10.9. The molecule has 0 spiro atoms.